The summed E-state index contributed by atoms with van der Waals surface area (Å²) >= 11 is 6.16. The lowest BCUT2D eigenvalue weighted by Crippen LogP contribution is -2.27. The summed E-state index contributed by atoms with van der Waals surface area (Å²) in [5.74, 6) is -0.864. The molecule has 0 saturated heterocycles. The zero-order valence-corrected chi connectivity index (χ0v) is 13.0. The predicted molar refractivity (Wildman–Crippen MR) is 79.9 cm³/mol. The van der Waals surface area contributed by atoms with Gasteiger partial charge in [-0.2, -0.15) is 0 Å². The summed E-state index contributed by atoms with van der Waals surface area (Å²) < 4.78 is 5.14. The topological polar surface area (TPSA) is 75.6 Å². The molecule has 0 aliphatic heterocycles. The van der Waals surface area contributed by atoms with Crippen LogP contribution < -0.4 is 5.32 Å². The molecule has 0 heterocycles. The van der Waals surface area contributed by atoms with Crippen molar-refractivity contribution >= 4 is 29.4 Å². The third-order valence-electron chi connectivity index (χ3n) is 3.29. The van der Waals surface area contributed by atoms with Gasteiger partial charge >= 0.3 is 12.1 Å². The van der Waals surface area contributed by atoms with E-state index in [4.69, 9.17) is 16.3 Å². The van der Waals surface area contributed by atoms with Gasteiger partial charge in [0.2, 0.25) is 0 Å². The highest BCUT2D eigenvalue weighted by atomic mass is 35.5. The van der Waals surface area contributed by atoms with E-state index in [1.54, 1.807) is 39.0 Å². The molecule has 5 nitrogen and oxygen atoms in total. The Labute approximate surface area is 128 Å². The van der Waals surface area contributed by atoms with Crippen LogP contribution >= 0.6 is 11.6 Å². The maximum atomic E-state index is 11.7. The van der Waals surface area contributed by atoms with Gasteiger partial charge in [-0.3, -0.25) is 10.1 Å². The number of halogens is 1. The molecular formula is C15H18ClNO4. The van der Waals surface area contributed by atoms with E-state index in [0.717, 1.165) is 0 Å². The monoisotopic (exact) mass is 311 g/mol. The molecule has 0 aromatic heterocycles. The largest absolute Gasteiger partial charge is 0.481 e. The molecule has 6 heteroatoms. The molecule has 2 rings (SSSR count). The van der Waals surface area contributed by atoms with Crippen LogP contribution in [-0.4, -0.2) is 22.8 Å². The molecule has 21 heavy (non-hydrogen) atoms. The van der Waals surface area contributed by atoms with Crippen molar-refractivity contribution in [2.45, 2.75) is 44.6 Å². The van der Waals surface area contributed by atoms with Crippen LogP contribution in [-0.2, 0) is 14.9 Å². The maximum absolute atomic E-state index is 11.7. The number of amides is 1. The molecule has 114 valence electrons. The first-order valence-corrected chi connectivity index (χ1v) is 7.05. The van der Waals surface area contributed by atoms with E-state index in [2.05, 4.69) is 5.32 Å². The standard InChI is InChI=1S/C15H18ClNO4/c1-14(2,3)21-13(20)17-9-4-5-10(11(16)8-9)15(6-7-15)12(18)19/h4-5,8H,6-7H2,1-3H3,(H,17,20)(H,18,19). The first-order chi connectivity index (χ1) is 9.64. The highest BCUT2D eigenvalue weighted by Crippen LogP contribution is 2.51. The highest BCUT2D eigenvalue weighted by Gasteiger charge is 2.52. The van der Waals surface area contributed by atoms with E-state index < -0.39 is 23.1 Å². The molecule has 0 bridgehead atoms. The fraction of sp³-hybridized carbons (Fsp3) is 0.467. The number of ether oxygens (including phenoxy) is 1. The zero-order chi connectivity index (χ0) is 15.8. The Kier molecular flexibility index (Phi) is 3.89. The lowest BCUT2D eigenvalue weighted by atomic mass is 9.96. The molecule has 1 aromatic carbocycles. The van der Waals surface area contributed by atoms with Crippen molar-refractivity contribution < 1.29 is 19.4 Å². The fourth-order valence-electron chi connectivity index (χ4n) is 2.13. The summed E-state index contributed by atoms with van der Waals surface area (Å²) in [6.07, 6.45) is 0.590. The van der Waals surface area contributed by atoms with Gasteiger partial charge in [-0.25, -0.2) is 4.79 Å². The number of carboxylic acid groups (broad SMARTS) is 1. The molecule has 0 unspecified atom stereocenters. The molecule has 1 saturated carbocycles. The predicted octanol–water partition coefficient (Wildman–Crippen LogP) is 3.80. The van der Waals surface area contributed by atoms with Crippen molar-refractivity contribution in [3.8, 4) is 0 Å². The van der Waals surface area contributed by atoms with Crippen molar-refractivity contribution in [1.29, 1.82) is 0 Å². The van der Waals surface area contributed by atoms with Gasteiger partial charge in [-0.1, -0.05) is 17.7 Å². The van der Waals surface area contributed by atoms with Gasteiger partial charge in [-0.15, -0.1) is 0 Å². The van der Waals surface area contributed by atoms with Crippen LogP contribution in [0.5, 0.6) is 0 Å². The Hall–Kier alpha value is -1.75. The second-order valence-corrected chi connectivity index (χ2v) is 6.62. The molecule has 2 N–H and O–H groups in total. The lowest BCUT2D eigenvalue weighted by molar-refractivity contribution is -0.140. The van der Waals surface area contributed by atoms with Gasteiger partial charge in [0.05, 0.1) is 5.41 Å². The van der Waals surface area contributed by atoms with E-state index >= 15 is 0 Å². The van der Waals surface area contributed by atoms with Gasteiger partial charge in [0.15, 0.2) is 0 Å². The Morgan fingerprint density at radius 1 is 1.33 bits per heavy atom. The van der Waals surface area contributed by atoms with Gasteiger partial charge in [0.1, 0.15) is 5.60 Å². The Bertz CT molecular complexity index is 588. The maximum Gasteiger partial charge on any atom is 0.412 e. The molecular weight excluding hydrogens is 294 g/mol. The number of aliphatic carboxylic acids is 1. The zero-order valence-electron chi connectivity index (χ0n) is 12.2. The van der Waals surface area contributed by atoms with Gasteiger partial charge in [-0.05, 0) is 51.3 Å². The van der Waals surface area contributed by atoms with Crippen LogP contribution in [0.1, 0.15) is 39.2 Å². The van der Waals surface area contributed by atoms with E-state index in [9.17, 15) is 14.7 Å². The van der Waals surface area contributed by atoms with Crippen LogP contribution in [0.2, 0.25) is 5.02 Å². The number of carbonyl (C=O) groups is 2. The molecule has 1 aromatic rings. The van der Waals surface area contributed by atoms with E-state index in [0.29, 0.717) is 29.1 Å². The van der Waals surface area contributed by atoms with Crippen LogP contribution in [0, 0.1) is 0 Å². The van der Waals surface area contributed by atoms with E-state index in [-0.39, 0.29) is 0 Å². The molecule has 0 spiro atoms. The number of benzene rings is 1. The minimum absolute atomic E-state index is 0.337. The number of hydrogen-bond acceptors (Lipinski definition) is 3. The van der Waals surface area contributed by atoms with Gasteiger partial charge < -0.3 is 9.84 Å². The summed E-state index contributed by atoms with van der Waals surface area (Å²) in [5.41, 5.74) is -0.387. The number of anilines is 1. The smallest absolute Gasteiger partial charge is 0.412 e. The molecule has 0 radical (unpaired) electrons. The second-order valence-electron chi connectivity index (χ2n) is 6.21. The van der Waals surface area contributed by atoms with Crippen LogP contribution in [0.25, 0.3) is 0 Å². The fourth-order valence-corrected chi connectivity index (χ4v) is 2.49. The summed E-state index contributed by atoms with van der Waals surface area (Å²) in [6, 6.07) is 4.83. The first-order valence-electron chi connectivity index (χ1n) is 6.67. The van der Waals surface area contributed by atoms with Crippen molar-refractivity contribution in [3.05, 3.63) is 28.8 Å². The van der Waals surface area contributed by atoms with Crippen LogP contribution in [0.4, 0.5) is 10.5 Å². The SMILES string of the molecule is CC(C)(C)OC(=O)Nc1ccc(C2(C(=O)O)CC2)c(Cl)c1. The average molecular weight is 312 g/mol. The van der Waals surface area contributed by atoms with E-state index in [1.807, 2.05) is 0 Å². The number of hydrogen-bond donors (Lipinski definition) is 2. The average Bonchev–Trinajstić information content (AvgIpc) is 3.07. The molecule has 1 amide bonds. The van der Waals surface area contributed by atoms with Crippen LogP contribution in [0.3, 0.4) is 0 Å². The quantitative estimate of drug-likeness (QED) is 0.890. The van der Waals surface area contributed by atoms with Crippen molar-refractivity contribution in [2.75, 3.05) is 5.32 Å². The molecule has 1 aliphatic rings. The minimum Gasteiger partial charge on any atom is -0.481 e. The van der Waals surface area contributed by atoms with Gasteiger partial charge in [0.25, 0.3) is 0 Å². The number of carboxylic acids is 1. The first kappa shape index (κ1) is 15.6. The second kappa shape index (κ2) is 5.22. The number of rotatable bonds is 3. The van der Waals surface area contributed by atoms with Crippen LogP contribution in [0.15, 0.2) is 18.2 Å². The Balaban J connectivity index is 2.13. The van der Waals surface area contributed by atoms with Gasteiger partial charge in [0, 0.05) is 10.7 Å². The third kappa shape index (κ3) is 3.47. The van der Waals surface area contributed by atoms with Crippen molar-refractivity contribution in [2.24, 2.45) is 0 Å². The summed E-state index contributed by atoms with van der Waals surface area (Å²) in [7, 11) is 0. The van der Waals surface area contributed by atoms with Crippen molar-refractivity contribution in [3.63, 3.8) is 0 Å². The molecule has 1 fully saturated rings. The molecule has 0 atom stereocenters. The number of nitrogens with one attached hydrogen (secondary N) is 1. The van der Waals surface area contributed by atoms with E-state index in [1.165, 1.54) is 0 Å². The summed E-state index contributed by atoms with van der Waals surface area (Å²) in [6.45, 7) is 5.31. The number of carbonyl (C=O) groups excluding carboxylic acids is 1. The summed E-state index contributed by atoms with van der Waals surface area (Å²) in [5, 5.41) is 12.2. The molecule has 1 aliphatic carbocycles. The Morgan fingerprint density at radius 2 is 1.95 bits per heavy atom. The highest BCUT2D eigenvalue weighted by molar-refractivity contribution is 6.32. The Morgan fingerprint density at radius 3 is 2.38 bits per heavy atom. The van der Waals surface area contributed by atoms with Crippen molar-refractivity contribution in [1.82, 2.24) is 0 Å². The normalized spacial score (nSPS) is 16.2. The lowest BCUT2D eigenvalue weighted by Gasteiger charge is -2.20. The minimum atomic E-state index is -0.864. The summed E-state index contributed by atoms with van der Waals surface area (Å²) in [4.78, 5) is 23.0. The third-order valence-corrected chi connectivity index (χ3v) is 3.60.